The number of hydrogen-bond donors (Lipinski definition) is 3. The van der Waals surface area contributed by atoms with Gasteiger partial charge in [0.2, 0.25) is 0 Å². The lowest BCUT2D eigenvalue weighted by Gasteiger charge is -2.30. The fraction of sp³-hybridized carbons (Fsp3) is 0.308. The van der Waals surface area contributed by atoms with Gasteiger partial charge in [-0.3, -0.25) is 24.5 Å². The van der Waals surface area contributed by atoms with Gasteiger partial charge >= 0.3 is 0 Å². The van der Waals surface area contributed by atoms with Gasteiger partial charge in [-0.05, 0) is 65.7 Å². The molecule has 0 aliphatic heterocycles. The first-order valence-corrected chi connectivity index (χ1v) is 11.2. The van der Waals surface area contributed by atoms with Crippen LogP contribution in [0.5, 0.6) is 0 Å². The number of benzene rings is 3. The van der Waals surface area contributed by atoms with Crippen molar-refractivity contribution in [1.29, 1.82) is 0 Å². The molecule has 7 heteroatoms. The van der Waals surface area contributed by atoms with Crippen molar-refractivity contribution in [3.63, 3.8) is 0 Å². The first-order valence-electron chi connectivity index (χ1n) is 11.2. The number of rotatable bonds is 10. The van der Waals surface area contributed by atoms with Crippen LogP contribution in [0.2, 0.25) is 0 Å². The zero-order chi connectivity index (χ0) is 23.8. The summed E-state index contributed by atoms with van der Waals surface area (Å²) in [7, 11) is 0. The van der Waals surface area contributed by atoms with E-state index in [4.69, 9.17) is 10.0 Å². The van der Waals surface area contributed by atoms with Crippen LogP contribution in [-0.2, 0) is 11.4 Å². The van der Waals surface area contributed by atoms with Crippen molar-refractivity contribution in [1.82, 2.24) is 15.9 Å². The predicted molar refractivity (Wildman–Crippen MR) is 128 cm³/mol. The molecule has 1 atom stereocenters. The largest absolute Gasteiger partial charge is 0.297 e. The smallest absolute Gasteiger partial charge is 0.274 e. The highest BCUT2D eigenvalue weighted by atomic mass is 16.6. The topological polar surface area (TPSA) is 90.9 Å². The molecule has 0 fully saturated rings. The van der Waals surface area contributed by atoms with Crippen molar-refractivity contribution in [2.75, 3.05) is 13.1 Å². The molecule has 2 amide bonds. The minimum absolute atomic E-state index is 0.222. The van der Waals surface area contributed by atoms with Gasteiger partial charge in [0.05, 0.1) is 0 Å². The molecule has 0 spiro atoms. The maximum absolute atomic E-state index is 12.4. The van der Waals surface area contributed by atoms with Gasteiger partial charge in [-0.25, -0.2) is 11.0 Å². The van der Waals surface area contributed by atoms with Crippen LogP contribution < -0.4 is 11.0 Å². The molecule has 3 N–H and O–H groups in total. The summed E-state index contributed by atoms with van der Waals surface area (Å²) in [5.41, 5.74) is 6.90. The highest BCUT2D eigenvalue weighted by Gasteiger charge is 2.19. The summed E-state index contributed by atoms with van der Waals surface area (Å²) in [6.07, 6.45) is 1.02. The molecule has 3 aromatic rings. The van der Waals surface area contributed by atoms with Gasteiger partial charge in [-0.15, -0.1) is 0 Å². The van der Waals surface area contributed by atoms with E-state index in [-0.39, 0.29) is 12.2 Å². The lowest BCUT2D eigenvalue weighted by Crippen LogP contribution is -2.28. The maximum atomic E-state index is 12.4. The molecule has 3 rings (SSSR count). The third kappa shape index (κ3) is 5.57. The Balaban J connectivity index is 1.74. The minimum Gasteiger partial charge on any atom is -0.297 e. The van der Waals surface area contributed by atoms with E-state index in [2.05, 4.69) is 55.4 Å². The molecule has 0 bridgehead atoms. The number of hydrogen-bond acceptors (Lipinski definition) is 5. The highest BCUT2D eigenvalue weighted by molar-refractivity contribution is 5.97. The number of nitrogens with one attached hydrogen (secondary N) is 2. The van der Waals surface area contributed by atoms with Crippen LogP contribution in [0.15, 0.2) is 60.7 Å². The molecule has 0 aromatic heterocycles. The Morgan fingerprint density at radius 3 is 2.06 bits per heavy atom. The Morgan fingerprint density at radius 2 is 1.48 bits per heavy atom. The molecule has 1 unspecified atom stereocenters. The molecule has 0 heterocycles. The summed E-state index contributed by atoms with van der Waals surface area (Å²) in [5.74, 6) is -1.06. The Morgan fingerprint density at radius 1 is 0.879 bits per heavy atom. The van der Waals surface area contributed by atoms with Crippen LogP contribution in [0.3, 0.4) is 0 Å². The zero-order valence-corrected chi connectivity index (χ0v) is 19.3. The van der Waals surface area contributed by atoms with Crippen molar-refractivity contribution in [2.24, 2.45) is 0 Å². The standard InChI is InChI=1S/C26H31N3O4/c1-4-24(29(5-2)6-3)23-16-15-20(21-9-7-8-10-22(21)23)17-33-28-26(31)19-13-11-18(12-14-19)25(30)27-32/h7-16,24,32H,4-6,17H2,1-3H3,(H,27,30)(H,28,31). The second kappa shape index (κ2) is 11.6. The van der Waals surface area contributed by atoms with Crippen molar-refractivity contribution in [2.45, 2.75) is 39.8 Å². The number of carbonyl (C=O) groups is 2. The lowest BCUT2D eigenvalue weighted by atomic mass is 9.93. The quantitative estimate of drug-likeness (QED) is 0.311. The van der Waals surface area contributed by atoms with E-state index < -0.39 is 11.8 Å². The summed E-state index contributed by atoms with van der Waals surface area (Å²) in [6.45, 7) is 8.80. The summed E-state index contributed by atoms with van der Waals surface area (Å²) in [5, 5.41) is 11.0. The normalized spacial score (nSPS) is 12.0. The van der Waals surface area contributed by atoms with Crippen LogP contribution in [0.25, 0.3) is 10.8 Å². The number of nitrogens with zero attached hydrogens (tertiary/aromatic N) is 1. The SMILES string of the molecule is CCC(c1ccc(CONC(=O)c2ccc(C(=O)NO)cc2)c2ccccc12)N(CC)CC. The first kappa shape index (κ1) is 24.4. The van der Waals surface area contributed by atoms with E-state index >= 15 is 0 Å². The van der Waals surface area contributed by atoms with Gasteiger partial charge in [-0.1, -0.05) is 57.2 Å². The van der Waals surface area contributed by atoms with Crippen LogP contribution in [-0.4, -0.2) is 35.0 Å². The minimum atomic E-state index is -0.639. The Kier molecular flexibility index (Phi) is 8.54. The second-order valence-corrected chi connectivity index (χ2v) is 7.74. The average molecular weight is 450 g/mol. The molecule has 3 aromatic carbocycles. The molecule has 0 aliphatic carbocycles. The van der Waals surface area contributed by atoms with E-state index in [1.54, 1.807) is 5.48 Å². The average Bonchev–Trinajstić information content (AvgIpc) is 2.87. The number of fused-ring (bicyclic) bond motifs is 1. The zero-order valence-electron chi connectivity index (χ0n) is 19.3. The maximum Gasteiger partial charge on any atom is 0.274 e. The van der Waals surface area contributed by atoms with Crippen molar-refractivity contribution < 1.29 is 19.6 Å². The molecule has 174 valence electrons. The van der Waals surface area contributed by atoms with Gasteiger partial charge in [0.25, 0.3) is 11.8 Å². The molecule has 7 nitrogen and oxygen atoms in total. The van der Waals surface area contributed by atoms with Crippen LogP contribution in [0.4, 0.5) is 0 Å². The van der Waals surface area contributed by atoms with Gasteiger partial charge in [0, 0.05) is 17.2 Å². The van der Waals surface area contributed by atoms with Gasteiger partial charge < -0.3 is 0 Å². The van der Waals surface area contributed by atoms with Crippen LogP contribution in [0, 0.1) is 0 Å². The van der Waals surface area contributed by atoms with Crippen LogP contribution in [0.1, 0.15) is 65.1 Å². The summed E-state index contributed by atoms with van der Waals surface area (Å²) >= 11 is 0. The molecule has 0 saturated carbocycles. The van der Waals surface area contributed by atoms with Gasteiger partial charge in [0.1, 0.15) is 6.61 Å². The highest BCUT2D eigenvalue weighted by Crippen LogP contribution is 2.32. The first-order chi connectivity index (χ1) is 16.0. The molecule has 0 aliphatic rings. The third-order valence-corrected chi connectivity index (χ3v) is 5.95. The number of amides is 2. The summed E-state index contributed by atoms with van der Waals surface area (Å²) in [4.78, 5) is 31.8. The van der Waals surface area contributed by atoms with E-state index in [1.165, 1.54) is 35.2 Å². The fourth-order valence-electron chi connectivity index (χ4n) is 4.22. The Labute approximate surface area is 194 Å². The second-order valence-electron chi connectivity index (χ2n) is 7.74. The third-order valence-electron chi connectivity index (χ3n) is 5.95. The molecule has 33 heavy (non-hydrogen) atoms. The Hall–Kier alpha value is -3.26. The molecular formula is C26H31N3O4. The number of hydroxylamine groups is 2. The van der Waals surface area contributed by atoms with Crippen molar-refractivity contribution >= 4 is 22.6 Å². The van der Waals surface area contributed by atoms with Gasteiger partial charge in [0.15, 0.2) is 0 Å². The number of carbonyl (C=O) groups excluding carboxylic acids is 2. The molecule has 0 radical (unpaired) electrons. The van der Waals surface area contributed by atoms with E-state index in [1.807, 2.05) is 12.1 Å². The van der Waals surface area contributed by atoms with E-state index in [9.17, 15) is 9.59 Å². The van der Waals surface area contributed by atoms with E-state index in [0.717, 1.165) is 30.5 Å². The van der Waals surface area contributed by atoms with Crippen molar-refractivity contribution in [3.8, 4) is 0 Å². The molecule has 0 saturated heterocycles. The Bertz CT molecular complexity index is 1090. The van der Waals surface area contributed by atoms with Crippen molar-refractivity contribution in [3.05, 3.63) is 82.9 Å². The van der Waals surface area contributed by atoms with Crippen LogP contribution >= 0.6 is 0 Å². The predicted octanol–water partition coefficient (Wildman–Crippen LogP) is 4.61. The van der Waals surface area contributed by atoms with Gasteiger partial charge in [-0.2, -0.15) is 0 Å². The molecular weight excluding hydrogens is 418 g/mol. The summed E-state index contributed by atoms with van der Waals surface area (Å²) in [6, 6.07) is 18.7. The fourth-order valence-corrected chi connectivity index (χ4v) is 4.22. The summed E-state index contributed by atoms with van der Waals surface area (Å²) < 4.78 is 0. The van der Waals surface area contributed by atoms with E-state index in [0.29, 0.717) is 11.6 Å². The monoisotopic (exact) mass is 449 g/mol. The lowest BCUT2D eigenvalue weighted by molar-refractivity contribution is 0.0237.